The van der Waals surface area contributed by atoms with E-state index in [9.17, 15) is 0 Å². The van der Waals surface area contributed by atoms with Crippen LogP contribution in [0, 0.1) is 6.92 Å². The highest BCUT2D eigenvalue weighted by molar-refractivity contribution is 6.25. The first-order valence-electron chi connectivity index (χ1n) is 11.0. The molecule has 0 saturated carbocycles. The molecule has 0 radical (unpaired) electrons. The number of pyridine rings is 1. The molecule has 0 saturated heterocycles. The van der Waals surface area contributed by atoms with Gasteiger partial charge in [0, 0.05) is 27.4 Å². The van der Waals surface area contributed by atoms with Crippen LogP contribution >= 0.6 is 0 Å². The molecule has 0 aliphatic rings. The van der Waals surface area contributed by atoms with Crippen LogP contribution in [0.5, 0.6) is 0 Å². The first kappa shape index (κ1) is 17.5. The van der Waals surface area contributed by atoms with E-state index < -0.39 is 0 Å². The van der Waals surface area contributed by atoms with E-state index in [1.165, 1.54) is 54.7 Å². The van der Waals surface area contributed by atoms with Crippen molar-refractivity contribution in [1.29, 1.82) is 0 Å². The van der Waals surface area contributed by atoms with E-state index in [0.29, 0.717) is 0 Å². The SMILES string of the molecule is Cc1c(-c2ccccc2)c2ccccc2c2nc3c4ccccc4c4ccccc4c3n12. The molecule has 7 rings (SSSR count). The molecule has 0 aliphatic heterocycles. The fourth-order valence-electron chi connectivity index (χ4n) is 5.38. The third-order valence-corrected chi connectivity index (χ3v) is 6.73. The maximum absolute atomic E-state index is 5.28. The molecule has 0 bridgehead atoms. The van der Waals surface area contributed by atoms with Crippen molar-refractivity contribution in [2.45, 2.75) is 6.92 Å². The summed E-state index contributed by atoms with van der Waals surface area (Å²) in [4.78, 5) is 5.28. The Balaban J connectivity index is 1.83. The van der Waals surface area contributed by atoms with Crippen molar-refractivity contribution in [3.8, 4) is 11.1 Å². The lowest BCUT2D eigenvalue weighted by Crippen LogP contribution is -1.98. The van der Waals surface area contributed by atoms with Gasteiger partial charge in [-0.05, 0) is 28.6 Å². The molecule has 7 aromatic rings. The van der Waals surface area contributed by atoms with E-state index in [-0.39, 0.29) is 0 Å². The number of nitrogens with zero attached hydrogens (tertiary/aromatic N) is 2. The molecule has 0 spiro atoms. The highest BCUT2D eigenvalue weighted by atomic mass is 15.0. The average Bonchev–Trinajstić information content (AvgIpc) is 3.27. The quantitative estimate of drug-likeness (QED) is 0.252. The van der Waals surface area contributed by atoms with Crippen molar-refractivity contribution in [2.24, 2.45) is 0 Å². The van der Waals surface area contributed by atoms with Crippen LogP contribution in [0.1, 0.15) is 5.69 Å². The smallest absolute Gasteiger partial charge is 0.146 e. The van der Waals surface area contributed by atoms with Crippen LogP contribution in [-0.4, -0.2) is 9.38 Å². The number of fused-ring (bicyclic) bond motifs is 10. The number of aromatic nitrogens is 2. The Bertz CT molecular complexity index is 1830. The van der Waals surface area contributed by atoms with Gasteiger partial charge < -0.3 is 0 Å². The molecule has 2 heterocycles. The van der Waals surface area contributed by atoms with Gasteiger partial charge in [0.2, 0.25) is 0 Å². The first-order chi connectivity index (χ1) is 15.8. The number of imidazole rings is 1. The topological polar surface area (TPSA) is 17.3 Å². The maximum atomic E-state index is 5.28. The minimum absolute atomic E-state index is 1.02. The number of rotatable bonds is 1. The maximum Gasteiger partial charge on any atom is 0.146 e. The largest absolute Gasteiger partial charge is 0.295 e. The van der Waals surface area contributed by atoms with Crippen molar-refractivity contribution < 1.29 is 0 Å². The van der Waals surface area contributed by atoms with Crippen LogP contribution in [0.25, 0.3) is 60.1 Å². The molecule has 150 valence electrons. The van der Waals surface area contributed by atoms with Crippen LogP contribution < -0.4 is 0 Å². The lowest BCUT2D eigenvalue weighted by molar-refractivity contribution is 1.15. The minimum atomic E-state index is 1.02. The monoisotopic (exact) mass is 408 g/mol. The van der Waals surface area contributed by atoms with E-state index >= 15 is 0 Å². The molecule has 0 unspecified atom stereocenters. The van der Waals surface area contributed by atoms with Gasteiger partial charge in [0.1, 0.15) is 5.65 Å². The summed E-state index contributed by atoms with van der Waals surface area (Å²) in [6.07, 6.45) is 0. The molecular formula is C30H20N2. The normalized spacial score (nSPS) is 11.9. The zero-order valence-electron chi connectivity index (χ0n) is 17.7. The Morgan fingerprint density at radius 3 is 1.78 bits per heavy atom. The van der Waals surface area contributed by atoms with Gasteiger partial charge in [-0.15, -0.1) is 0 Å². The average molecular weight is 409 g/mol. The van der Waals surface area contributed by atoms with Crippen LogP contribution in [0.4, 0.5) is 0 Å². The molecule has 5 aromatic carbocycles. The molecule has 0 N–H and O–H groups in total. The summed E-state index contributed by atoms with van der Waals surface area (Å²) in [6.45, 7) is 2.23. The van der Waals surface area contributed by atoms with E-state index in [2.05, 4.69) is 114 Å². The van der Waals surface area contributed by atoms with E-state index in [0.717, 1.165) is 11.2 Å². The number of hydrogen-bond donors (Lipinski definition) is 0. The lowest BCUT2D eigenvalue weighted by atomic mass is 9.97. The van der Waals surface area contributed by atoms with Gasteiger partial charge in [-0.2, -0.15) is 0 Å². The second-order valence-corrected chi connectivity index (χ2v) is 8.43. The Morgan fingerprint density at radius 1 is 0.531 bits per heavy atom. The Hall–Kier alpha value is -4.17. The summed E-state index contributed by atoms with van der Waals surface area (Å²) in [5.74, 6) is 0. The van der Waals surface area contributed by atoms with Gasteiger partial charge in [-0.1, -0.05) is 103 Å². The minimum Gasteiger partial charge on any atom is -0.295 e. The highest BCUT2D eigenvalue weighted by Gasteiger charge is 2.20. The zero-order valence-corrected chi connectivity index (χ0v) is 17.7. The predicted octanol–water partition coefficient (Wildman–Crippen LogP) is 7.92. The van der Waals surface area contributed by atoms with E-state index in [4.69, 9.17) is 4.98 Å². The Kier molecular flexibility index (Phi) is 3.51. The highest BCUT2D eigenvalue weighted by Crippen LogP contribution is 2.40. The fraction of sp³-hybridized carbons (Fsp3) is 0.0333. The van der Waals surface area contributed by atoms with Crippen molar-refractivity contribution >= 4 is 49.0 Å². The molecule has 0 amide bonds. The molecule has 0 fully saturated rings. The van der Waals surface area contributed by atoms with E-state index in [1.54, 1.807) is 0 Å². The molecule has 2 nitrogen and oxygen atoms in total. The van der Waals surface area contributed by atoms with Crippen LogP contribution in [0.3, 0.4) is 0 Å². The van der Waals surface area contributed by atoms with Crippen LogP contribution in [0.15, 0.2) is 103 Å². The van der Waals surface area contributed by atoms with Crippen molar-refractivity contribution in [3.05, 3.63) is 109 Å². The zero-order chi connectivity index (χ0) is 21.2. The van der Waals surface area contributed by atoms with Crippen LogP contribution in [0.2, 0.25) is 0 Å². The van der Waals surface area contributed by atoms with Crippen LogP contribution in [-0.2, 0) is 0 Å². The fourth-order valence-corrected chi connectivity index (χ4v) is 5.38. The summed E-state index contributed by atoms with van der Waals surface area (Å²) < 4.78 is 2.38. The molecule has 32 heavy (non-hydrogen) atoms. The third-order valence-electron chi connectivity index (χ3n) is 6.73. The summed E-state index contributed by atoms with van der Waals surface area (Å²) in [6, 6.07) is 36.7. The Morgan fingerprint density at radius 2 is 1.06 bits per heavy atom. The second kappa shape index (κ2) is 6.41. The Labute approximate surface area is 185 Å². The van der Waals surface area contributed by atoms with E-state index in [1.807, 2.05) is 0 Å². The standard InChI is InChI=1S/C30H20N2/c1-19-27(20-11-3-2-4-12-20)23-15-7-10-18-26(23)30-31-28-24-16-8-5-13-21(24)22-14-6-9-17-25(22)29(28)32(19)30/h2-18H,1H3. The summed E-state index contributed by atoms with van der Waals surface area (Å²) >= 11 is 0. The van der Waals surface area contributed by atoms with Crippen molar-refractivity contribution in [2.75, 3.05) is 0 Å². The van der Waals surface area contributed by atoms with Gasteiger partial charge in [0.15, 0.2) is 0 Å². The van der Waals surface area contributed by atoms with Crippen molar-refractivity contribution in [1.82, 2.24) is 9.38 Å². The second-order valence-electron chi connectivity index (χ2n) is 8.43. The first-order valence-corrected chi connectivity index (χ1v) is 11.0. The summed E-state index contributed by atoms with van der Waals surface area (Å²) in [5.41, 5.74) is 7.00. The lowest BCUT2D eigenvalue weighted by Gasteiger charge is -2.15. The molecular weight excluding hydrogens is 388 g/mol. The van der Waals surface area contributed by atoms with Gasteiger partial charge in [-0.3, -0.25) is 4.40 Å². The van der Waals surface area contributed by atoms with Gasteiger partial charge in [0.05, 0.1) is 11.0 Å². The number of benzene rings is 5. The summed E-state index contributed by atoms with van der Waals surface area (Å²) in [5, 5.41) is 7.39. The molecule has 0 atom stereocenters. The third kappa shape index (κ3) is 2.21. The number of aryl methyl sites for hydroxylation is 1. The predicted molar refractivity (Wildman–Crippen MR) is 135 cm³/mol. The van der Waals surface area contributed by atoms with Gasteiger partial charge >= 0.3 is 0 Å². The molecule has 0 aliphatic carbocycles. The molecule has 2 aromatic heterocycles. The van der Waals surface area contributed by atoms with Crippen molar-refractivity contribution in [3.63, 3.8) is 0 Å². The molecule has 2 heteroatoms. The van der Waals surface area contributed by atoms with Gasteiger partial charge in [0.25, 0.3) is 0 Å². The van der Waals surface area contributed by atoms with Gasteiger partial charge in [-0.25, -0.2) is 4.98 Å². The number of hydrogen-bond acceptors (Lipinski definition) is 1. The summed E-state index contributed by atoms with van der Waals surface area (Å²) in [7, 11) is 0.